The molecule has 1 saturated heterocycles. The molecule has 2 heterocycles. The molecule has 2 aromatic rings. The molecule has 1 amide bonds. The largest absolute Gasteiger partial charge is 0.486 e. The average molecular weight is 424 g/mol. The number of nitrogens with zero attached hydrogens (tertiary/aromatic N) is 2. The number of amides is 1. The Morgan fingerprint density at radius 3 is 2.24 bits per heavy atom. The summed E-state index contributed by atoms with van der Waals surface area (Å²) in [6.45, 7) is 1.22. The van der Waals surface area contributed by atoms with E-state index in [1.165, 1.54) is 27.4 Å². The number of carbonyl (C=O) groups is 1. The minimum atomic E-state index is -3.77. The predicted molar refractivity (Wildman–Crippen MR) is 98.5 cm³/mol. The van der Waals surface area contributed by atoms with E-state index in [0.29, 0.717) is 24.7 Å². The maximum absolute atomic E-state index is 13.4. The molecule has 0 atom stereocenters. The Morgan fingerprint density at radius 2 is 1.55 bits per heavy atom. The number of rotatable bonds is 3. The number of carbonyl (C=O) groups excluding carboxylic acids is 1. The fraction of sp³-hybridized carbons (Fsp3) is 0.316. The first-order valence-electron chi connectivity index (χ1n) is 9.00. The van der Waals surface area contributed by atoms with Gasteiger partial charge in [0.1, 0.15) is 13.2 Å². The number of sulfonamides is 1. The summed E-state index contributed by atoms with van der Waals surface area (Å²) in [6.07, 6.45) is 0. The SMILES string of the molecule is O=C(c1ccc(F)c(F)c1)N1CCN(S(=O)(=O)c2ccc3c(c2)OCCO3)CC1. The Bertz CT molecular complexity index is 1050. The van der Waals surface area contributed by atoms with Gasteiger partial charge < -0.3 is 14.4 Å². The van der Waals surface area contributed by atoms with E-state index in [1.54, 1.807) is 6.07 Å². The molecule has 0 saturated carbocycles. The highest BCUT2D eigenvalue weighted by molar-refractivity contribution is 7.89. The van der Waals surface area contributed by atoms with Crippen LogP contribution in [0.1, 0.15) is 10.4 Å². The second kappa shape index (κ2) is 7.60. The molecule has 0 bridgehead atoms. The van der Waals surface area contributed by atoms with Gasteiger partial charge in [-0.1, -0.05) is 0 Å². The molecule has 10 heteroatoms. The number of ether oxygens (including phenoxy) is 2. The molecule has 1 fully saturated rings. The maximum Gasteiger partial charge on any atom is 0.254 e. The normalized spacial score (nSPS) is 17.2. The van der Waals surface area contributed by atoms with Crippen LogP contribution >= 0.6 is 0 Å². The minimum Gasteiger partial charge on any atom is -0.486 e. The zero-order chi connectivity index (χ0) is 20.6. The van der Waals surface area contributed by atoms with Crippen molar-refractivity contribution < 1.29 is 31.5 Å². The minimum absolute atomic E-state index is 0.0204. The quantitative estimate of drug-likeness (QED) is 0.752. The molecule has 0 aromatic heterocycles. The van der Waals surface area contributed by atoms with Crippen molar-refractivity contribution in [2.45, 2.75) is 4.90 Å². The topological polar surface area (TPSA) is 76.2 Å². The van der Waals surface area contributed by atoms with Gasteiger partial charge in [0.2, 0.25) is 10.0 Å². The number of benzene rings is 2. The first-order valence-corrected chi connectivity index (χ1v) is 10.4. The summed E-state index contributed by atoms with van der Waals surface area (Å²) in [5, 5.41) is 0. The van der Waals surface area contributed by atoms with Gasteiger partial charge in [-0.15, -0.1) is 0 Å². The molecule has 0 spiro atoms. The third-order valence-corrected chi connectivity index (χ3v) is 6.74. The van der Waals surface area contributed by atoms with E-state index in [-0.39, 0.29) is 36.6 Å². The van der Waals surface area contributed by atoms with E-state index in [9.17, 15) is 22.0 Å². The summed E-state index contributed by atoms with van der Waals surface area (Å²) in [5.41, 5.74) is 0.0204. The van der Waals surface area contributed by atoms with Gasteiger partial charge in [0, 0.05) is 37.8 Å². The fourth-order valence-electron chi connectivity index (χ4n) is 3.28. The number of hydrogen-bond donors (Lipinski definition) is 0. The molecule has 7 nitrogen and oxygen atoms in total. The molecule has 0 unspecified atom stereocenters. The van der Waals surface area contributed by atoms with Crippen LogP contribution in [0, 0.1) is 11.6 Å². The fourth-order valence-corrected chi connectivity index (χ4v) is 4.71. The monoisotopic (exact) mass is 424 g/mol. The van der Waals surface area contributed by atoms with E-state index in [2.05, 4.69) is 0 Å². The van der Waals surface area contributed by atoms with Crippen LogP contribution in [0.25, 0.3) is 0 Å². The second-order valence-electron chi connectivity index (χ2n) is 6.63. The maximum atomic E-state index is 13.4. The summed E-state index contributed by atoms with van der Waals surface area (Å²) < 4.78 is 64.5. The molecule has 0 radical (unpaired) electrons. The molecule has 29 heavy (non-hydrogen) atoms. The van der Waals surface area contributed by atoms with Crippen LogP contribution < -0.4 is 9.47 Å². The van der Waals surface area contributed by atoms with E-state index >= 15 is 0 Å². The Kier molecular flexibility index (Phi) is 5.13. The van der Waals surface area contributed by atoms with Crippen molar-refractivity contribution in [2.24, 2.45) is 0 Å². The Hall–Kier alpha value is -2.72. The molecule has 0 N–H and O–H groups in total. The molecule has 2 aliphatic rings. The standard InChI is InChI=1S/C19H18F2N2O5S/c20-15-3-1-13(11-16(15)21)19(24)22-5-7-23(8-6-22)29(25,26)14-2-4-17-18(12-14)28-10-9-27-17/h1-4,11-12H,5-10H2. The average Bonchev–Trinajstić information content (AvgIpc) is 2.75. The Labute approximate surface area is 166 Å². The molecular weight excluding hydrogens is 406 g/mol. The van der Waals surface area contributed by atoms with Crippen molar-refractivity contribution in [3.8, 4) is 11.5 Å². The summed E-state index contributed by atoms with van der Waals surface area (Å²) in [7, 11) is -3.77. The molecule has 0 aliphatic carbocycles. The van der Waals surface area contributed by atoms with Crippen LogP contribution in [0.3, 0.4) is 0 Å². The smallest absolute Gasteiger partial charge is 0.254 e. The van der Waals surface area contributed by atoms with Gasteiger partial charge >= 0.3 is 0 Å². The summed E-state index contributed by atoms with van der Waals surface area (Å²) in [4.78, 5) is 14.0. The van der Waals surface area contributed by atoms with Crippen molar-refractivity contribution in [3.63, 3.8) is 0 Å². The van der Waals surface area contributed by atoms with Gasteiger partial charge in [-0.05, 0) is 30.3 Å². The predicted octanol–water partition coefficient (Wildman–Crippen LogP) is 1.88. The van der Waals surface area contributed by atoms with Crippen LogP contribution in [0.5, 0.6) is 11.5 Å². The second-order valence-corrected chi connectivity index (χ2v) is 8.57. The van der Waals surface area contributed by atoms with Gasteiger partial charge in [-0.3, -0.25) is 4.79 Å². The lowest BCUT2D eigenvalue weighted by Gasteiger charge is -2.34. The number of fused-ring (bicyclic) bond motifs is 1. The van der Waals surface area contributed by atoms with Crippen molar-refractivity contribution in [1.29, 1.82) is 0 Å². The van der Waals surface area contributed by atoms with Crippen molar-refractivity contribution in [2.75, 3.05) is 39.4 Å². The lowest BCUT2D eigenvalue weighted by Crippen LogP contribution is -2.50. The highest BCUT2D eigenvalue weighted by Crippen LogP contribution is 2.33. The van der Waals surface area contributed by atoms with Crippen molar-refractivity contribution >= 4 is 15.9 Å². The van der Waals surface area contributed by atoms with Gasteiger partial charge in [0.05, 0.1) is 4.90 Å². The number of halogens is 2. The zero-order valence-electron chi connectivity index (χ0n) is 15.3. The highest BCUT2D eigenvalue weighted by Gasteiger charge is 2.31. The lowest BCUT2D eigenvalue weighted by atomic mass is 10.1. The van der Waals surface area contributed by atoms with Crippen LogP contribution in [0.15, 0.2) is 41.3 Å². The van der Waals surface area contributed by atoms with Gasteiger partial charge in [0.25, 0.3) is 5.91 Å². The molecule has 4 rings (SSSR count). The first-order chi connectivity index (χ1) is 13.9. The number of hydrogen-bond acceptors (Lipinski definition) is 5. The van der Waals surface area contributed by atoms with Crippen molar-refractivity contribution in [1.82, 2.24) is 9.21 Å². The van der Waals surface area contributed by atoms with E-state index in [4.69, 9.17) is 9.47 Å². The third-order valence-electron chi connectivity index (χ3n) is 4.84. The van der Waals surface area contributed by atoms with Crippen LogP contribution in [-0.2, 0) is 10.0 Å². The van der Waals surface area contributed by atoms with E-state index < -0.39 is 27.6 Å². The lowest BCUT2D eigenvalue weighted by molar-refractivity contribution is 0.0697. The molecule has 154 valence electrons. The van der Waals surface area contributed by atoms with Crippen LogP contribution in [0.2, 0.25) is 0 Å². The molecule has 2 aliphatic heterocycles. The van der Waals surface area contributed by atoms with E-state index in [0.717, 1.165) is 12.1 Å². The van der Waals surface area contributed by atoms with Gasteiger partial charge in [-0.25, -0.2) is 17.2 Å². The summed E-state index contributed by atoms with van der Waals surface area (Å²) >= 11 is 0. The van der Waals surface area contributed by atoms with Crippen molar-refractivity contribution in [3.05, 3.63) is 53.6 Å². The Balaban J connectivity index is 1.46. The van der Waals surface area contributed by atoms with Gasteiger partial charge in [0.15, 0.2) is 23.1 Å². The van der Waals surface area contributed by atoms with E-state index in [1.807, 2.05) is 0 Å². The molecule has 2 aromatic carbocycles. The Morgan fingerprint density at radius 1 is 0.862 bits per heavy atom. The van der Waals surface area contributed by atoms with Gasteiger partial charge in [-0.2, -0.15) is 4.31 Å². The van der Waals surface area contributed by atoms with Crippen LogP contribution in [0.4, 0.5) is 8.78 Å². The number of piperazine rings is 1. The third kappa shape index (κ3) is 3.77. The summed E-state index contributed by atoms with van der Waals surface area (Å²) in [6, 6.07) is 7.40. The molecular formula is C19H18F2N2O5S. The first kappa shape index (κ1) is 19.6. The zero-order valence-corrected chi connectivity index (χ0v) is 16.1. The highest BCUT2D eigenvalue weighted by atomic mass is 32.2. The van der Waals surface area contributed by atoms with Crippen LogP contribution in [-0.4, -0.2) is 62.9 Å². The summed E-state index contributed by atoms with van der Waals surface area (Å²) in [5.74, 6) is -1.73.